The van der Waals surface area contributed by atoms with Gasteiger partial charge in [0.05, 0.1) is 6.54 Å². The first-order chi connectivity index (χ1) is 7.79. The van der Waals surface area contributed by atoms with Crippen molar-refractivity contribution >= 4 is 0 Å². The molecular formula is C13H14N2O. The lowest BCUT2D eigenvalue weighted by Gasteiger charge is -2.05. The molecule has 0 unspecified atom stereocenters. The van der Waals surface area contributed by atoms with Crippen LogP contribution in [0.25, 0.3) is 0 Å². The Morgan fingerprint density at radius 3 is 2.50 bits per heavy atom. The van der Waals surface area contributed by atoms with Crippen molar-refractivity contribution < 1.29 is 0 Å². The van der Waals surface area contributed by atoms with Gasteiger partial charge in [-0.05, 0) is 23.6 Å². The van der Waals surface area contributed by atoms with Gasteiger partial charge in [-0.15, -0.1) is 0 Å². The minimum Gasteiger partial charge on any atom is -0.295 e. The first-order valence-electron chi connectivity index (χ1n) is 5.39. The number of hydrogen-bond acceptors (Lipinski definition) is 2. The lowest BCUT2D eigenvalue weighted by Crippen LogP contribution is -2.21. The second-order valence-corrected chi connectivity index (χ2v) is 3.70. The Morgan fingerprint density at radius 2 is 1.88 bits per heavy atom. The standard InChI is InChI=1S/C13H14N2O/c1-2-11-4-6-12(7-5-11)10-15-9-3-8-14-13(15)16/h3-9H,2,10H2,1H3. The average molecular weight is 214 g/mol. The molecular weight excluding hydrogens is 200 g/mol. The fourth-order valence-electron chi connectivity index (χ4n) is 1.58. The van der Waals surface area contributed by atoms with Gasteiger partial charge in [-0.25, -0.2) is 9.78 Å². The number of benzene rings is 1. The van der Waals surface area contributed by atoms with E-state index in [0.29, 0.717) is 6.54 Å². The van der Waals surface area contributed by atoms with Gasteiger partial charge < -0.3 is 0 Å². The normalized spacial score (nSPS) is 10.3. The first-order valence-corrected chi connectivity index (χ1v) is 5.39. The van der Waals surface area contributed by atoms with Crippen molar-refractivity contribution in [3.05, 3.63) is 64.3 Å². The molecule has 1 aromatic heterocycles. The van der Waals surface area contributed by atoms with Gasteiger partial charge in [0, 0.05) is 12.4 Å². The predicted octanol–water partition coefficient (Wildman–Crippen LogP) is 1.85. The third-order valence-corrected chi connectivity index (χ3v) is 2.57. The van der Waals surface area contributed by atoms with Gasteiger partial charge in [-0.2, -0.15) is 0 Å². The molecule has 1 heterocycles. The van der Waals surface area contributed by atoms with Crippen molar-refractivity contribution in [2.45, 2.75) is 19.9 Å². The topological polar surface area (TPSA) is 34.9 Å². The summed E-state index contributed by atoms with van der Waals surface area (Å²) in [5, 5.41) is 0. The molecule has 0 spiro atoms. The van der Waals surface area contributed by atoms with Gasteiger partial charge in [0.15, 0.2) is 0 Å². The SMILES string of the molecule is CCc1ccc(Cn2cccnc2=O)cc1. The number of hydrogen-bond donors (Lipinski definition) is 0. The highest BCUT2D eigenvalue weighted by Gasteiger charge is 1.97. The Kier molecular flexibility index (Phi) is 3.15. The van der Waals surface area contributed by atoms with Crippen LogP contribution in [-0.2, 0) is 13.0 Å². The van der Waals surface area contributed by atoms with Crippen LogP contribution in [0.15, 0.2) is 47.5 Å². The molecule has 3 heteroatoms. The van der Waals surface area contributed by atoms with Gasteiger partial charge in [-0.3, -0.25) is 4.57 Å². The molecule has 82 valence electrons. The average Bonchev–Trinajstić information content (AvgIpc) is 2.33. The Balaban J connectivity index is 2.21. The molecule has 0 saturated carbocycles. The van der Waals surface area contributed by atoms with E-state index in [0.717, 1.165) is 12.0 Å². The molecule has 0 fully saturated rings. The molecule has 0 amide bonds. The molecule has 2 aromatic rings. The molecule has 0 N–H and O–H groups in total. The Bertz CT molecular complexity index is 514. The fourth-order valence-corrected chi connectivity index (χ4v) is 1.58. The molecule has 0 radical (unpaired) electrons. The molecule has 0 saturated heterocycles. The number of rotatable bonds is 3. The maximum atomic E-state index is 11.4. The van der Waals surface area contributed by atoms with E-state index in [2.05, 4.69) is 36.2 Å². The van der Waals surface area contributed by atoms with E-state index < -0.39 is 0 Å². The summed E-state index contributed by atoms with van der Waals surface area (Å²) in [5.41, 5.74) is 2.22. The summed E-state index contributed by atoms with van der Waals surface area (Å²) in [6, 6.07) is 10.1. The Labute approximate surface area is 94.4 Å². The number of aromatic nitrogens is 2. The van der Waals surface area contributed by atoms with Crippen LogP contribution in [-0.4, -0.2) is 9.55 Å². The molecule has 2 rings (SSSR count). The highest BCUT2D eigenvalue weighted by atomic mass is 16.1. The first kappa shape index (κ1) is 10.6. The van der Waals surface area contributed by atoms with Crippen LogP contribution >= 0.6 is 0 Å². The van der Waals surface area contributed by atoms with Crippen molar-refractivity contribution in [3.8, 4) is 0 Å². The summed E-state index contributed by atoms with van der Waals surface area (Å²) in [5.74, 6) is 0. The van der Waals surface area contributed by atoms with Crippen molar-refractivity contribution in [2.75, 3.05) is 0 Å². The summed E-state index contributed by atoms with van der Waals surface area (Å²) < 4.78 is 1.60. The van der Waals surface area contributed by atoms with Crippen LogP contribution in [0.3, 0.4) is 0 Å². The van der Waals surface area contributed by atoms with Crippen LogP contribution in [0.2, 0.25) is 0 Å². The number of nitrogens with zero attached hydrogens (tertiary/aromatic N) is 2. The summed E-state index contributed by atoms with van der Waals surface area (Å²) >= 11 is 0. The van der Waals surface area contributed by atoms with E-state index in [-0.39, 0.29) is 5.69 Å². The molecule has 16 heavy (non-hydrogen) atoms. The van der Waals surface area contributed by atoms with Crippen LogP contribution in [0, 0.1) is 0 Å². The molecule has 0 aliphatic heterocycles. The molecule has 0 atom stereocenters. The monoisotopic (exact) mass is 214 g/mol. The van der Waals surface area contributed by atoms with Crippen molar-refractivity contribution in [2.24, 2.45) is 0 Å². The molecule has 0 aliphatic rings. The van der Waals surface area contributed by atoms with Crippen LogP contribution in [0.5, 0.6) is 0 Å². The zero-order valence-corrected chi connectivity index (χ0v) is 9.26. The van der Waals surface area contributed by atoms with Gasteiger partial charge in [-0.1, -0.05) is 31.2 Å². The van der Waals surface area contributed by atoms with Crippen molar-refractivity contribution in [1.82, 2.24) is 9.55 Å². The van der Waals surface area contributed by atoms with E-state index in [1.807, 2.05) is 0 Å². The lowest BCUT2D eigenvalue weighted by molar-refractivity contribution is 0.726. The quantitative estimate of drug-likeness (QED) is 0.781. The smallest absolute Gasteiger partial charge is 0.295 e. The largest absolute Gasteiger partial charge is 0.347 e. The minimum absolute atomic E-state index is 0.206. The molecule has 1 aromatic carbocycles. The Morgan fingerprint density at radius 1 is 1.19 bits per heavy atom. The maximum Gasteiger partial charge on any atom is 0.347 e. The maximum absolute atomic E-state index is 11.4. The van der Waals surface area contributed by atoms with Gasteiger partial charge in [0.1, 0.15) is 0 Å². The molecule has 3 nitrogen and oxygen atoms in total. The van der Waals surface area contributed by atoms with E-state index >= 15 is 0 Å². The summed E-state index contributed by atoms with van der Waals surface area (Å²) in [6.07, 6.45) is 4.30. The van der Waals surface area contributed by atoms with E-state index in [1.54, 1.807) is 16.8 Å². The lowest BCUT2D eigenvalue weighted by atomic mass is 10.1. The predicted molar refractivity (Wildman–Crippen MR) is 63.4 cm³/mol. The highest BCUT2D eigenvalue weighted by molar-refractivity contribution is 5.22. The zero-order valence-electron chi connectivity index (χ0n) is 9.26. The van der Waals surface area contributed by atoms with E-state index in [4.69, 9.17) is 0 Å². The van der Waals surface area contributed by atoms with Gasteiger partial charge in [0.25, 0.3) is 0 Å². The second-order valence-electron chi connectivity index (χ2n) is 3.70. The molecule has 0 aliphatic carbocycles. The fraction of sp³-hybridized carbons (Fsp3) is 0.231. The third kappa shape index (κ3) is 2.37. The van der Waals surface area contributed by atoms with Crippen LogP contribution in [0.4, 0.5) is 0 Å². The van der Waals surface area contributed by atoms with Gasteiger partial charge >= 0.3 is 5.69 Å². The minimum atomic E-state index is -0.206. The number of aryl methyl sites for hydroxylation is 1. The second kappa shape index (κ2) is 4.75. The summed E-state index contributed by atoms with van der Waals surface area (Å²) in [7, 11) is 0. The van der Waals surface area contributed by atoms with E-state index in [1.165, 1.54) is 11.8 Å². The summed E-state index contributed by atoms with van der Waals surface area (Å²) in [4.78, 5) is 15.1. The zero-order chi connectivity index (χ0) is 11.4. The van der Waals surface area contributed by atoms with Gasteiger partial charge in [0.2, 0.25) is 0 Å². The van der Waals surface area contributed by atoms with E-state index in [9.17, 15) is 4.79 Å². The van der Waals surface area contributed by atoms with Crippen LogP contribution in [0.1, 0.15) is 18.1 Å². The highest BCUT2D eigenvalue weighted by Crippen LogP contribution is 2.05. The molecule has 0 bridgehead atoms. The third-order valence-electron chi connectivity index (χ3n) is 2.57. The van der Waals surface area contributed by atoms with Crippen LogP contribution < -0.4 is 5.69 Å². The van der Waals surface area contributed by atoms with Crippen molar-refractivity contribution in [3.63, 3.8) is 0 Å². The Hall–Kier alpha value is -1.90. The summed E-state index contributed by atoms with van der Waals surface area (Å²) in [6.45, 7) is 2.71. The van der Waals surface area contributed by atoms with Crippen molar-refractivity contribution in [1.29, 1.82) is 0 Å².